The first-order valence-electron chi connectivity index (χ1n) is 10.8. The zero-order valence-corrected chi connectivity index (χ0v) is 19.0. The minimum Gasteiger partial charge on any atom is -0.497 e. The lowest BCUT2D eigenvalue weighted by molar-refractivity contribution is -0.140. The van der Waals surface area contributed by atoms with Gasteiger partial charge in [0.1, 0.15) is 17.5 Å². The van der Waals surface area contributed by atoms with Crippen LogP contribution in [-0.2, 0) is 22.6 Å². The van der Waals surface area contributed by atoms with Gasteiger partial charge in [0.15, 0.2) is 0 Å². The summed E-state index contributed by atoms with van der Waals surface area (Å²) in [4.78, 5) is 27.9. The van der Waals surface area contributed by atoms with Gasteiger partial charge in [0.05, 0.1) is 20.6 Å². The molecule has 2 aromatic carbocycles. The maximum Gasteiger partial charge on any atom is 0.242 e. The van der Waals surface area contributed by atoms with Crippen molar-refractivity contribution in [3.8, 4) is 11.5 Å². The van der Waals surface area contributed by atoms with Gasteiger partial charge in [0.2, 0.25) is 11.8 Å². The Morgan fingerprint density at radius 2 is 1.45 bits per heavy atom. The fourth-order valence-corrected chi connectivity index (χ4v) is 3.37. The third-order valence-corrected chi connectivity index (χ3v) is 5.24. The van der Waals surface area contributed by atoms with Crippen molar-refractivity contribution in [1.29, 1.82) is 0 Å². The summed E-state index contributed by atoms with van der Waals surface area (Å²) in [6.45, 7) is 5.00. The maximum absolute atomic E-state index is 13.3. The lowest BCUT2D eigenvalue weighted by Crippen LogP contribution is -2.49. The molecule has 1 unspecified atom stereocenters. The summed E-state index contributed by atoms with van der Waals surface area (Å²) in [5.41, 5.74) is 1.83. The number of carbonyl (C=O) groups excluding carboxylic acids is 2. The van der Waals surface area contributed by atoms with Gasteiger partial charge in [0, 0.05) is 13.1 Å². The van der Waals surface area contributed by atoms with Crippen LogP contribution in [0.15, 0.2) is 48.5 Å². The fourth-order valence-electron chi connectivity index (χ4n) is 3.37. The van der Waals surface area contributed by atoms with Crippen LogP contribution in [-0.4, -0.2) is 43.5 Å². The lowest BCUT2D eigenvalue weighted by atomic mass is 10.1. The Hall–Kier alpha value is -3.02. The zero-order valence-electron chi connectivity index (χ0n) is 19.0. The number of hydrogen-bond donors (Lipinski definition) is 1. The molecule has 0 bridgehead atoms. The molecule has 0 radical (unpaired) electrons. The summed E-state index contributed by atoms with van der Waals surface area (Å²) >= 11 is 0. The molecule has 0 saturated carbocycles. The number of carbonyl (C=O) groups is 2. The van der Waals surface area contributed by atoms with Crippen LogP contribution in [0.1, 0.15) is 44.2 Å². The monoisotopic (exact) mass is 426 g/mol. The largest absolute Gasteiger partial charge is 0.497 e. The second-order valence-corrected chi connectivity index (χ2v) is 7.46. The van der Waals surface area contributed by atoms with Gasteiger partial charge < -0.3 is 19.7 Å². The number of unbranched alkanes of at least 4 members (excludes halogenated alkanes) is 1. The van der Waals surface area contributed by atoms with Gasteiger partial charge in [-0.25, -0.2) is 0 Å². The first-order valence-corrected chi connectivity index (χ1v) is 10.8. The smallest absolute Gasteiger partial charge is 0.242 e. The number of benzene rings is 2. The van der Waals surface area contributed by atoms with Crippen LogP contribution in [0.4, 0.5) is 0 Å². The molecule has 0 spiro atoms. The fraction of sp³-hybridized carbons (Fsp3) is 0.440. The first kappa shape index (κ1) is 24.3. The second-order valence-electron chi connectivity index (χ2n) is 7.46. The van der Waals surface area contributed by atoms with E-state index in [0.717, 1.165) is 35.5 Å². The van der Waals surface area contributed by atoms with Gasteiger partial charge in [-0.2, -0.15) is 0 Å². The Balaban J connectivity index is 2.22. The van der Waals surface area contributed by atoms with Crippen LogP contribution in [0.2, 0.25) is 0 Å². The van der Waals surface area contributed by atoms with Crippen molar-refractivity contribution in [2.75, 3.05) is 20.8 Å². The van der Waals surface area contributed by atoms with E-state index >= 15 is 0 Å². The molecule has 0 saturated heterocycles. The molecule has 168 valence electrons. The summed E-state index contributed by atoms with van der Waals surface area (Å²) in [5.74, 6) is 1.31. The number of hydrogen-bond acceptors (Lipinski definition) is 4. The third-order valence-electron chi connectivity index (χ3n) is 5.24. The van der Waals surface area contributed by atoms with Gasteiger partial charge in [-0.1, -0.05) is 44.5 Å². The van der Waals surface area contributed by atoms with Crippen molar-refractivity contribution >= 4 is 11.8 Å². The van der Waals surface area contributed by atoms with Crippen LogP contribution in [0.3, 0.4) is 0 Å². The highest BCUT2D eigenvalue weighted by molar-refractivity contribution is 5.88. The molecule has 1 N–H and O–H groups in total. The average molecular weight is 427 g/mol. The van der Waals surface area contributed by atoms with Gasteiger partial charge in [-0.15, -0.1) is 0 Å². The van der Waals surface area contributed by atoms with E-state index in [4.69, 9.17) is 9.47 Å². The summed E-state index contributed by atoms with van der Waals surface area (Å²) < 4.78 is 10.4. The van der Waals surface area contributed by atoms with Crippen LogP contribution >= 0.6 is 0 Å². The maximum atomic E-state index is 13.3. The number of ether oxygens (including phenoxy) is 2. The Morgan fingerprint density at radius 1 is 0.903 bits per heavy atom. The van der Waals surface area contributed by atoms with Crippen LogP contribution < -0.4 is 14.8 Å². The molecule has 0 aromatic heterocycles. The molecule has 2 amide bonds. The average Bonchev–Trinajstić information content (AvgIpc) is 2.80. The number of rotatable bonds is 12. The number of nitrogens with zero attached hydrogens (tertiary/aromatic N) is 1. The summed E-state index contributed by atoms with van der Waals surface area (Å²) in [7, 11) is 3.23. The van der Waals surface area contributed by atoms with Crippen LogP contribution in [0.5, 0.6) is 11.5 Å². The Labute approximate surface area is 185 Å². The third kappa shape index (κ3) is 7.31. The molecule has 0 fully saturated rings. The highest BCUT2D eigenvalue weighted by atomic mass is 16.5. The van der Waals surface area contributed by atoms with Crippen molar-refractivity contribution in [2.24, 2.45) is 0 Å². The molecule has 0 heterocycles. The SMILES string of the molecule is CCCCNC(=O)C(CC)N(Cc1ccc(OC)cc1)C(=O)Cc1ccc(OC)cc1. The zero-order chi connectivity index (χ0) is 22.6. The summed E-state index contributed by atoms with van der Waals surface area (Å²) in [5, 5.41) is 2.98. The molecular weight excluding hydrogens is 392 g/mol. The molecule has 6 nitrogen and oxygen atoms in total. The number of amides is 2. The molecular formula is C25H34N2O4. The molecule has 2 rings (SSSR count). The van der Waals surface area contributed by atoms with Crippen molar-refractivity contribution < 1.29 is 19.1 Å². The van der Waals surface area contributed by atoms with E-state index in [0.29, 0.717) is 19.5 Å². The molecule has 0 aliphatic heterocycles. The molecule has 31 heavy (non-hydrogen) atoms. The highest BCUT2D eigenvalue weighted by Gasteiger charge is 2.28. The number of methoxy groups -OCH3 is 2. The molecule has 0 aliphatic rings. The van der Waals surface area contributed by atoms with Crippen molar-refractivity contribution in [3.05, 3.63) is 59.7 Å². The Kier molecular flexibility index (Phi) is 9.88. The Morgan fingerprint density at radius 3 is 1.94 bits per heavy atom. The predicted molar refractivity (Wildman–Crippen MR) is 122 cm³/mol. The molecule has 1 atom stereocenters. The van der Waals surface area contributed by atoms with Crippen molar-refractivity contribution in [3.63, 3.8) is 0 Å². The lowest BCUT2D eigenvalue weighted by Gasteiger charge is -2.31. The Bertz CT molecular complexity index is 818. The van der Waals surface area contributed by atoms with Gasteiger partial charge in [0.25, 0.3) is 0 Å². The van der Waals surface area contributed by atoms with Crippen LogP contribution in [0.25, 0.3) is 0 Å². The van der Waals surface area contributed by atoms with E-state index in [1.165, 1.54) is 0 Å². The van der Waals surface area contributed by atoms with Gasteiger partial charge >= 0.3 is 0 Å². The molecule has 2 aromatic rings. The van der Waals surface area contributed by atoms with E-state index < -0.39 is 6.04 Å². The first-order chi connectivity index (χ1) is 15.0. The molecule has 6 heteroatoms. The normalized spacial score (nSPS) is 11.5. The van der Waals surface area contributed by atoms with E-state index in [-0.39, 0.29) is 18.2 Å². The summed E-state index contributed by atoms with van der Waals surface area (Å²) in [6.07, 6.45) is 2.69. The standard InChI is InChI=1S/C25H34N2O4/c1-5-7-16-26-25(29)23(6-2)27(18-20-10-14-22(31-4)15-11-20)24(28)17-19-8-12-21(30-3)13-9-19/h8-15,23H,5-7,16-18H2,1-4H3,(H,26,29). The predicted octanol–water partition coefficient (Wildman–Crippen LogP) is 3.97. The van der Waals surface area contributed by atoms with Gasteiger partial charge in [-0.05, 0) is 48.2 Å². The number of nitrogens with one attached hydrogen (secondary N) is 1. The minimum absolute atomic E-state index is 0.0847. The summed E-state index contributed by atoms with van der Waals surface area (Å²) in [6, 6.07) is 14.5. The van der Waals surface area contributed by atoms with Gasteiger partial charge in [-0.3, -0.25) is 9.59 Å². The quantitative estimate of drug-likeness (QED) is 0.522. The van der Waals surface area contributed by atoms with E-state index in [2.05, 4.69) is 12.2 Å². The van der Waals surface area contributed by atoms with Crippen molar-refractivity contribution in [2.45, 2.75) is 52.1 Å². The van der Waals surface area contributed by atoms with Crippen LogP contribution in [0, 0.1) is 0 Å². The highest BCUT2D eigenvalue weighted by Crippen LogP contribution is 2.18. The topological polar surface area (TPSA) is 67.9 Å². The molecule has 0 aliphatic carbocycles. The minimum atomic E-state index is -0.523. The van der Waals surface area contributed by atoms with E-state index in [1.807, 2.05) is 55.5 Å². The second kappa shape index (κ2) is 12.6. The van der Waals surface area contributed by atoms with Crippen molar-refractivity contribution in [1.82, 2.24) is 10.2 Å². The van der Waals surface area contributed by atoms with E-state index in [9.17, 15) is 9.59 Å². The van der Waals surface area contributed by atoms with E-state index in [1.54, 1.807) is 19.1 Å².